The summed E-state index contributed by atoms with van der Waals surface area (Å²) >= 11 is 2.06. The lowest BCUT2D eigenvalue weighted by molar-refractivity contribution is 0.102. The number of methoxy groups -OCH3 is 1. The van der Waals surface area contributed by atoms with Crippen LogP contribution in [0.3, 0.4) is 0 Å². The highest BCUT2D eigenvalue weighted by Gasteiger charge is 2.34. The number of hydrogen-bond donors (Lipinski definition) is 1. The first kappa shape index (κ1) is 15.0. The molecule has 2 aliphatic rings. The van der Waals surface area contributed by atoms with Crippen molar-refractivity contribution in [3.8, 4) is 11.5 Å². The zero-order valence-corrected chi connectivity index (χ0v) is 13.7. The second-order valence-electron chi connectivity index (χ2n) is 5.93. The third kappa shape index (κ3) is 3.32. The lowest BCUT2D eigenvalue weighted by Crippen LogP contribution is -2.37. The van der Waals surface area contributed by atoms with E-state index in [1.165, 1.54) is 23.5 Å². The molecule has 1 fully saturated rings. The van der Waals surface area contributed by atoms with Crippen LogP contribution in [0.5, 0.6) is 11.5 Å². The van der Waals surface area contributed by atoms with Gasteiger partial charge in [0.2, 0.25) is 0 Å². The minimum Gasteiger partial charge on any atom is -0.497 e. The molecule has 1 aromatic rings. The van der Waals surface area contributed by atoms with Crippen molar-refractivity contribution in [3.05, 3.63) is 23.8 Å². The lowest BCUT2D eigenvalue weighted by atomic mass is 9.89. The van der Waals surface area contributed by atoms with Crippen LogP contribution >= 0.6 is 11.8 Å². The van der Waals surface area contributed by atoms with E-state index in [-0.39, 0.29) is 0 Å². The smallest absolute Gasteiger partial charge is 0.128 e. The summed E-state index contributed by atoms with van der Waals surface area (Å²) in [7, 11) is 1.71. The van der Waals surface area contributed by atoms with E-state index in [0.717, 1.165) is 30.9 Å². The quantitative estimate of drug-likeness (QED) is 0.899. The van der Waals surface area contributed by atoms with Gasteiger partial charge in [-0.1, -0.05) is 13.0 Å². The van der Waals surface area contributed by atoms with Crippen molar-refractivity contribution in [2.45, 2.75) is 38.3 Å². The van der Waals surface area contributed by atoms with Crippen LogP contribution in [0.15, 0.2) is 18.2 Å². The maximum atomic E-state index is 6.34. The molecule has 3 nitrogen and oxygen atoms in total. The van der Waals surface area contributed by atoms with Crippen molar-refractivity contribution in [1.82, 2.24) is 5.32 Å². The third-order valence-corrected chi connectivity index (χ3v) is 5.66. The van der Waals surface area contributed by atoms with E-state index in [1.54, 1.807) is 7.11 Å². The van der Waals surface area contributed by atoms with Gasteiger partial charge < -0.3 is 14.8 Å². The van der Waals surface area contributed by atoms with Crippen molar-refractivity contribution in [1.29, 1.82) is 0 Å². The predicted molar refractivity (Wildman–Crippen MR) is 88.5 cm³/mol. The number of fused-ring (bicyclic) bond motifs is 1. The van der Waals surface area contributed by atoms with Crippen LogP contribution in [0.1, 0.15) is 37.8 Å². The van der Waals surface area contributed by atoms with Crippen LogP contribution in [0.25, 0.3) is 0 Å². The van der Waals surface area contributed by atoms with Crippen molar-refractivity contribution in [2.75, 3.05) is 25.2 Å². The number of benzene rings is 1. The Kier molecular flexibility index (Phi) is 4.96. The first-order chi connectivity index (χ1) is 10.3. The Labute approximate surface area is 131 Å². The number of hydrogen-bond acceptors (Lipinski definition) is 4. The monoisotopic (exact) mass is 307 g/mol. The van der Waals surface area contributed by atoms with Gasteiger partial charge in [0.1, 0.15) is 17.6 Å². The topological polar surface area (TPSA) is 30.5 Å². The highest BCUT2D eigenvalue weighted by molar-refractivity contribution is 7.99. The van der Waals surface area contributed by atoms with Gasteiger partial charge in [0, 0.05) is 30.0 Å². The molecule has 2 aliphatic heterocycles. The SMILES string of the molecule is CCCNC1CC(C2CCSC2)Oc2cc(OC)ccc21. The average Bonchev–Trinajstić information content (AvgIpc) is 3.06. The van der Waals surface area contributed by atoms with Gasteiger partial charge in [-0.15, -0.1) is 0 Å². The van der Waals surface area contributed by atoms with E-state index < -0.39 is 0 Å². The maximum absolute atomic E-state index is 6.34. The molecule has 3 rings (SSSR count). The molecule has 1 N–H and O–H groups in total. The highest BCUT2D eigenvalue weighted by Crippen LogP contribution is 2.41. The van der Waals surface area contributed by atoms with Crippen molar-refractivity contribution in [3.63, 3.8) is 0 Å². The average molecular weight is 307 g/mol. The minimum atomic E-state index is 0.342. The zero-order valence-electron chi connectivity index (χ0n) is 12.9. The molecule has 0 spiro atoms. The van der Waals surface area contributed by atoms with Gasteiger partial charge in [0.05, 0.1) is 7.11 Å². The first-order valence-electron chi connectivity index (χ1n) is 7.97. The molecular weight excluding hydrogens is 282 g/mol. The van der Waals surface area contributed by atoms with Crippen LogP contribution in [0.4, 0.5) is 0 Å². The van der Waals surface area contributed by atoms with E-state index in [2.05, 4.69) is 30.1 Å². The van der Waals surface area contributed by atoms with Gasteiger partial charge in [0.15, 0.2) is 0 Å². The van der Waals surface area contributed by atoms with Crippen LogP contribution in [-0.2, 0) is 0 Å². The van der Waals surface area contributed by atoms with E-state index in [0.29, 0.717) is 18.1 Å². The maximum Gasteiger partial charge on any atom is 0.128 e. The Hall–Kier alpha value is -0.870. The Morgan fingerprint density at radius 1 is 1.43 bits per heavy atom. The molecule has 4 heteroatoms. The van der Waals surface area contributed by atoms with Gasteiger partial charge in [-0.25, -0.2) is 0 Å². The molecule has 0 radical (unpaired) electrons. The van der Waals surface area contributed by atoms with Crippen LogP contribution in [0, 0.1) is 5.92 Å². The molecule has 2 heterocycles. The lowest BCUT2D eigenvalue weighted by Gasteiger charge is -2.35. The van der Waals surface area contributed by atoms with E-state index >= 15 is 0 Å². The Morgan fingerprint density at radius 3 is 3.05 bits per heavy atom. The highest BCUT2D eigenvalue weighted by atomic mass is 32.2. The predicted octanol–water partition coefficient (Wildman–Crippen LogP) is 3.64. The summed E-state index contributed by atoms with van der Waals surface area (Å²) in [5.41, 5.74) is 1.28. The standard InChI is InChI=1S/C17H25NO2S/c1-3-7-18-15-10-16(12-6-8-21-11-12)20-17-9-13(19-2)4-5-14(15)17/h4-5,9,12,15-16,18H,3,6-8,10-11H2,1-2H3. The second-order valence-corrected chi connectivity index (χ2v) is 7.08. The molecule has 0 amide bonds. The summed E-state index contributed by atoms with van der Waals surface area (Å²) < 4.78 is 11.7. The summed E-state index contributed by atoms with van der Waals surface area (Å²) in [6, 6.07) is 6.65. The molecule has 3 atom stereocenters. The summed E-state index contributed by atoms with van der Waals surface area (Å²) in [6.45, 7) is 3.27. The summed E-state index contributed by atoms with van der Waals surface area (Å²) in [5, 5.41) is 3.69. The number of thioether (sulfide) groups is 1. The fourth-order valence-electron chi connectivity index (χ4n) is 3.25. The van der Waals surface area contributed by atoms with E-state index in [4.69, 9.17) is 9.47 Å². The largest absolute Gasteiger partial charge is 0.497 e. The number of rotatable bonds is 5. The van der Waals surface area contributed by atoms with Crippen LogP contribution in [0.2, 0.25) is 0 Å². The fraction of sp³-hybridized carbons (Fsp3) is 0.647. The van der Waals surface area contributed by atoms with E-state index in [1.807, 2.05) is 12.1 Å². The second kappa shape index (κ2) is 6.93. The Balaban J connectivity index is 1.83. The summed E-state index contributed by atoms with van der Waals surface area (Å²) in [4.78, 5) is 0. The van der Waals surface area contributed by atoms with Crippen LogP contribution in [-0.4, -0.2) is 31.3 Å². The summed E-state index contributed by atoms with van der Waals surface area (Å²) in [6.07, 6.45) is 3.88. The molecule has 0 bridgehead atoms. The molecule has 0 saturated carbocycles. The molecule has 0 aromatic heterocycles. The van der Waals surface area contributed by atoms with Gasteiger partial charge in [-0.2, -0.15) is 11.8 Å². The molecule has 116 valence electrons. The first-order valence-corrected chi connectivity index (χ1v) is 9.13. The van der Waals surface area contributed by atoms with Crippen molar-refractivity contribution >= 4 is 11.8 Å². The molecular formula is C17H25NO2S. The zero-order chi connectivity index (χ0) is 14.7. The summed E-state index contributed by atoms with van der Waals surface area (Å²) in [5.74, 6) is 5.10. The number of ether oxygens (including phenoxy) is 2. The van der Waals surface area contributed by atoms with E-state index in [9.17, 15) is 0 Å². The normalized spacial score (nSPS) is 28.0. The fourth-order valence-corrected chi connectivity index (χ4v) is 4.57. The van der Waals surface area contributed by atoms with Gasteiger partial charge >= 0.3 is 0 Å². The van der Waals surface area contributed by atoms with Crippen LogP contribution < -0.4 is 14.8 Å². The Bertz CT molecular complexity index is 474. The van der Waals surface area contributed by atoms with Gasteiger partial charge in [-0.3, -0.25) is 0 Å². The molecule has 3 unspecified atom stereocenters. The molecule has 21 heavy (non-hydrogen) atoms. The van der Waals surface area contributed by atoms with Crippen molar-refractivity contribution < 1.29 is 9.47 Å². The molecule has 1 aromatic carbocycles. The van der Waals surface area contributed by atoms with Gasteiger partial charge in [0.25, 0.3) is 0 Å². The number of nitrogens with one attached hydrogen (secondary N) is 1. The Morgan fingerprint density at radius 2 is 2.33 bits per heavy atom. The van der Waals surface area contributed by atoms with Gasteiger partial charge in [-0.05, 0) is 37.0 Å². The molecule has 0 aliphatic carbocycles. The molecule has 1 saturated heterocycles. The van der Waals surface area contributed by atoms with Crippen molar-refractivity contribution in [2.24, 2.45) is 5.92 Å². The third-order valence-electron chi connectivity index (χ3n) is 4.47. The minimum absolute atomic E-state index is 0.342.